The van der Waals surface area contributed by atoms with Crippen LogP contribution in [0.15, 0.2) is 78.9 Å². The van der Waals surface area contributed by atoms with Crippen molar-refractivity contribution in [2.75, 3.05) is 5.32 Å². The lowest BCUT2D eigenvalue weighted by Crippen LogP contribution is -2.40. The molecule has 1 N–H and O–H groups in total. The number of non-ortho nitro benzene ring substituents is 1. The van der Waals surface area contributed by atoms with Gasteiger partial charge in [0.05, 0.1) is 4.92 Å². The molecule has 1 aliphatic rings. The van der Waals surface area contributed by atoms with E-state index in [0.717, 1.165) is 33.2 Å². The fourth-order valence-corrected chi connectivity index (χ4v) is 5.34. The van der Waals surface area contributed by atoms with E-state index in [1.165, 1.54) is 12.1 Å². The van der Waals surface area contributed by atoms with Gasteiger partial charge in [0.15, 0.2) is 5.41 Å². The predicted molar refractivity (Wildman–Crippen MR) is 127 cm³/mol. The van der Waals surface area contributed by atoms with Crippen LogP contribution < -0.4 is 5.32 Å². The number of hydrogen-bond donors (Lipinski definition) is 1. The number of benzene rings is 3. The molecule has 1 aliphatic heterocycles. The summed E-state index contributed by atoms with van der Waals surface area (Å²) in [6, 6.07) is 24.5. The lowest BCUT2D eigenvalue weighted by Gasteiger charge is -2.29. The number of nitrogens with zero attached hydrogens (tertiary/aromatic N) is 3. The normalized spacial score (nSPS) is 14.5. The zero-order valence-electron chi connectivity index (χ0n) is 18.1. The number of nitro groups is 1. The minimum Gasteiger partial charge on any atom is -0.346 e. The van der Waals surface area contributed by atoms with Crippen molar-refractivity contribution in [1.29, 1.82) is 0 Å². The van der Waals surface area contributed by atoms with Gasteiger partial charge >= 0.3 is 0 Å². The first-order valence-electron chi connectivity index (χ1n) is 10.6. The maximum atomic E-state index is 14.0. The van der Waals surface area contributed by atoms with Crippen molar-refractivity contribution in [3.8, 4) is 0 Å². The molecule has 1 amide bonds. The second-order valence-corrected chi connectivity index (χ2v) is 8.49. The van der Waals surface area contributed by atoms with E-state index in [-0.39, 0.29) is 11.6 Å². The third kappa shape index (κ3) is 2.41. The summed E-state index contributed by atoms with van der Waals surface area (Å²) < 4.78 is 4.03. The molecule has 6 rings (SSSR count). The molecule has 3 aromatic carbocycles. The van der Waals surface area contributed by atoms with Gasteiger partial charge in [0.25, 0.3) is 5.69 Å². The molecule has 2 aromatic heterocycles. The molecule has 7 heteroatoms. The Balaban J connectivity index is 1.79. The number of fused-ring (bicyclic) bond motifs is 3. The Morgan fingerprint density at radius 2 is 1.36 bits per heavy atom. The van der Waals surface area contributed by atoms with Crippen LogP contribution in [0.25, 0.3) is 21.8 Å². The molecule has 0 atom stereocenters. The zero-order chi connectivity index (χ0) is 22.9. The minimum atomic E-state index is -1.26. The van der Waals surface area contributed by atoms with Gasteiger partial charge in [-0.2, -0.15) is 0 Å². The van der Waals surface area contributed by atoms with Gasteiger partial charge < -0.3 is 14.5 Å². The van der Waals surface area contributed by atoms with E-state index in [1.54, 1.807) is 6.07 Å². The summed E-state index contributed by atoms with van der Waals surface area (Å²) in [5.74, 6) is -0.227. The number of nitrogens with one attached hydrogen (secondary N) is 1. The van der Waals surface area contributed by atoms with Crippen molar-refractivity contribution in [1.82, 2.24) is 9.13 Å². The van der Waals surface area contributed by atoms with E-state index in [1.807, 2.05) is 83.9 Å². The summed E-state index contributed by atoms with van der Waals surface area (Å²) in [7, 11) is 3.87. The van der Waals surface area contributed by atoms with Crippen LogP contribution in [0.4, 0.5) is 11.4 Å². The molecule has 0 spiro atoms. The second kappa shape index (κ2) is 6.56. The first-order valence-corrected chi connectivity index (χ1v) is 10.6. The number of amides is 1. The average molecular weight is 436 g/mol. The lowest BCUT2D eigenvalue weighted by atomic mass is 9.75. The number of para-hydroxylation sites is 2. The third-order valence-electron chi connectivity index (χ3n) is 6.88. The molecular weight excluding hydrogens is 416 g/mol. The molecule has 3 heterocycles. The number of carbonyl (C=O) groups is 1. The molecule has 33 heavy (non-hydrogen) atoms. The first kappa shape index (κ1) is 19.3. The maximum Gasteiger partial charge on any atom is 0.269 e. The number of hydrogen-bond acceptors (Lipinski definition) is 3. The van der Waals surface area contributed by atoms with E-state index in [2.05, 4.69) is 5.32 Å². The van der Waals surface area contributed by atoms with Gasteiger partial charge in [0.2, 0.25) is 5.91 Å². The molecule has 7 nitrogen and oxygen atoms in total. The van der Waals surface area contributed by atoms with Crippen molar-refractivity contribution in [2.24, 2.45) is 14.1 Å². The number of rotatable bonds is 3. The SMILES string of the molecule is Cn1c(C2(c3cc4ccccc4n3C)C(=O)Nc3ccc([N+](=O)[O-])cc32)cc2ccccc21. The summed E-state index contributed by atoms with van der Waals surface area (Å²) in [5.41, 5.74) is 3.34. The quantitative estimate of drug-likeness (QED) is 0.324. The number of nitro benzene ring substituents is 1. The zero-order valence-corrected chi connectivity index (χ0v) is 18.1. The topological polar surface area (TPSA) is 82.1 Å². The second-order valence-electron chi connectivity index (χ2n) is 8.49. The van der Waals surface area contributed by atoms with Crippen LogP contribution in [-0.4, -0.2) is 20.0 Å². The van der Waals surface area contributed by atoms with Crippen LogP contribution in [0, 0.1) is 10.1 Å². The van der Waals surface area contributed by atoms with E-state index in [0.29, 0.717) is 11.3 Å². The molecule has 0 radical (unpaired) electrons. The van der Waals surface area contributed by atoms with E-state index >= 15 is 0 Å². The van der Waals surface area contributed by atoms with Crippen LogP contribution in [0.2, 0.25) is 0 Å². The molecule has 0 bridgehead atoms. The van der Waals surface area contributed by atoms with Gasteiger partial charge in [-0.3, -0.25) is 14.9 Å². The van der Waals surface area contributed by atoms with Crippen molar-refractivity contribution in [3.05, 3.63) is 106 Å². The molecule has 0 saturated heterocycles. The highest BCUT2D eigenvalue weighted by atomic mass is 16.6. The summed E-state index contributed by atoms with van der Waals surface area (Å²) in [6.07, 6.45) is 0. The van der Waals surface area contributed by atoms with Crippen LogP contribution in [0.3, 0.4) is 0 Å². The van der Waals surface area contributed by atoms with Gasteiger partial charge in [0, 0.05) is 59.9 Å². The van der Waals surface area contributed by atoms with E-state index in [9.17, 15) is 14.9 Å². The molecule has 0 fully saturated rings. The number of aryl methyl sites for hydroxylation is 2. The van der Waals surface area contributed by atoms with Gasteiger partial charge in [-0.1, -0.05) is 36.4 Å². The van der Waals surface area contributed by atoms with E-state index in [4.69, 9.17) is 0 Å². The Morgan fingerprint density at radius 3 is 1.88 bits per heavy atom. The molecular formula is C26H20N4O3. The van der Waals surface area contributed by atoms with Gasteiger partial charge in [-0.05, 0) is 41.1 Å². The van der Waals surface area contributed by atoms with Gasteiger partial charge in [-0.15, -0.1) is 0 Å². The highest BCUT2D eigenvalue weighted by Gasteiger charge is 2.54. The largest absolute Gasteiger partial charge is 0.346 e. The average Bonchev–Trinajstić information content (AvgIpc) is 3.43. The van der Waals surface area contributed by atoms with Crippen LogP contribution in [-0.2, 0) is 24.3 Å². The molecule has 0 unspecified atom stereocenters. The van der Waals surface area contributed by atoms with Crippen LogP contribution in [0.1, 0.15) is 17.0 Å². The smallest absolute Gasteiger partial charge is 0.269 e. The minimum absolute atomic E-state index is 0.0489. The standard InChI is InChI=1S/C26H20N4O3/c1-28-21-9-5-3-7-16(21)13-23(28)26(24-14-17-8-4-6-10-22(17)29(24)2)19-15-18(30(32)33)11-12-20(19)27-25(26)31/h3-15H,1-2H3,(H,27,31). The molecule has 162 valence electrons. The Bertz CT molecular complexity index is 1550. The first-order chi connectivity index (χ1) is 15.9. The summed E-state index contributed by atoms with van der Waals surface area (Å²) >= 11 is 0. The highest BCUT2D eigenvalue weighted by molar-refractivity contribution is 6.12. The van der Waals surface area contributed by atoms with Gasteiger partial charge in [-0.25, -0.2) is 0 Å². The Kier molecular flexibility index (Phi) is 3.84. The molecule has 0 aliphatic carbocycles. The van der Waals surface area contributed by atoms with Crippen molar-refractivity contribution >= 4 is 39.1 Å². The number of aromatic nitrogens is 2. The maximum absolute atomic E-state index is 14.0. The molecule has 5 aromatic rings. The Labute approximate surface area is 189 Å². The fraction of sp³-hybridized carbons (Fsp3) is 0.115. The van der Waals surface area contributed by atoms with Crippen molar-refractivity contribution in [2.45, 2.75) is 5.41 Å². The van der Waals surface area contributed by atoms with Crippen LogP contribution in [0.5, 0.6) is 0 Å². The van der Waals surface area contributed by atoms with Crippen LogP contribution >= 0.6 is 0 Å². The number of anilines is 1. The third-order valence-corrected chi connectivity index (χ3v) is 6.88. The molecule has 0 saturated carbocycles. The predicted octanol–water partition coefficient (Wildman–Crippen LogP) is 4.86. The van der Waals surface area contributed by atoms with Gasteiger partial charge in [0.1, 0.15) is 0 Å². The van der Waals surface area contributed by atoms with Crippen molar-refractivity contribution in [3.63, 3.8) is 0 Å². The highest BCUT2D eigenvalue weighted by Crippen LogP contribution is 2.50. The van der Waals surface area contributed by atoms with E-state index < -0.39 is 10.3 Å². The lowest BCUT2D eigenvalue weighted by molar-refractivity contribution is -0.384. The summed E-state index contributed by atoms with van der Waals surface area (Å²) in [6.45, 7) is 0. The monoisotopic (exact) mass is 436 g/mol. The number of carbonyl (C=O) groups excluding carboxylic acids is 1. The summed E-state index contributed by atoms with van der Waals surface area (Å²) in [4.78, 5) is 25.2. The Hall–Kier alpha value is -4.39. The Morgan fingerprint density at radius 1 is 0.818 bits per heavy atom. The van der Waals surface area contributed by atoms with Crippen molar-refractivity contribution < 1.29 is 9.72 Å². The summed E-state index contributed by atoms with van der Waals surface area (Å²) in [5, 5.41) is 16.7. The fourth-order valence-electron chi connectivity index (χ4n) is 5.34.